The molecule has 88 valence electrons. The monoisotopic (exact) mass is 215 g/mol. The van der Waals surface area contributed by atoms with Crippen molar-refractivity contribution in [3.05, 3.63) is 0 Å². The summed E-state index contributed by atoms with van der Waals surface area (Å²) in [6.07, 6.45) is 1.04. The van der Waals surface area contributed by atoms with Gasteiger partial charge >= 0.3 is 5.97 Å². The predicted octanol–water partition coefficient (Wildman–Crippen LogP) is 0.953. The molecule has 0 aromatic heterocycles. The molecule has 2 unspecified atom stereocenters. The van der Waals surface area contributed by atoms with Crippen LogP contribution in [-0.2, 0) is 14.3 Å². The van der Waals surface area contributed by atoms with Gasteiger partial charge in [-0.25, -0.2) is 0 Å². The van der Waals surface area contributed by atoms with Crippen LogP contribution >= 0.6 is 0 Å². The summed E-state index contributed by atoms with van der Waals surface area (Å²) < 4.78 is 10.3. The summed E-state index contributed by atoms with van der Waals surface area (Å²) in [5, 5.41) is 3.18. The van der Waals surface area contributed by atoms with E-state index in [4.69, 9.17) is 9.47 Å². The quantitative estimate of drug-likeness (QED) is 0.694. The Balaban J connectivity index is 2.15. The van der Waals surface area contributed by atoms with Crippen molar-refractivity contribution in [2.75, 3.05) is 19.8 Å². The number of ether oxygens (including phenoxy) is 2. The molecule has 4 heteroatoms. The Morgan fingerprint density at radius 1 is 1.53 bits per heavy atom. The molecule has 0 amide bonds. The number of rotatable bonds is 5. The van der Waals surface area contributed by atoms with Crippen LogP contribution in [0.2, 0.25) is 0 Å². The van der Waals surface area contributed by atoms with Crippen LogP contribution in [-0.4, -0.2) is 37.9 Å². The molecule has 0 radical (unpaired) electrons. The van der Waals surface area contributed by atoms with E-state index in [-0.39, 0.29) is 18.6 Å². The number of carbonyl (C=O) groups excluding carboxylic acids is 1. The van der Waals surface area contributed by atoms with Crippen LogP contribution in [0.15, 0.2) is 0 Å². The van der Waals surface area contributed by atoms with Crippen LogP contribution in [0.1, 0.15) is 27.2 Å². The lowest BCUT2D eigenvalue weighted by Crippen LogP contribution is -2.38. The van der Waals surface area contributed by atoms with Gasteiger partial charge in [0.1, 0.15) is 0 Å². The molecule has 0 bridgehead atoms. The SMILES string of the molecule is CC(C)OC(=O)CNC(C)C1CCOC1. The highest BCUT2D eigenvalue weighted by Gasteiger charge is 2.22. The van der Waals surface area contributed by atoms with E-state index < -0.39 is 0 Å². The molecule has 1 aliphatic rings. The summed E-state index contributed by atoms with van der Waals surface area (Å²) in [4.78, 5) is 11.3. The van der Waals surface area contributed by atoms with Crippen LogP contribution in [0.5, 0.6) is 0 Å². The molecule has 4 nitrogen and oxygen atoms in total. The molecule has 0 aromatic rings. The Morgan fingerprint density at radius 2 is 2.27 bits per heavy atom. The maximum Gasteiger partial charge on any atom is 0.320 e. The fourth-order valence-corrected chi connectivity index (χ4v) is 1.66. The molecule has 1 aliphatic heterocycles. The first kappa shape index (κ1) is 12.5. The molecule has 0 saturated carbocycles. The smallest absolute Gasteiger partial charge is 0.320 e. The third-order valence-corrected chi connectivity index (χ3v) is 2.61. The van der Waals surface area contributed by atoms with Gasteiger partial charge in [0.15, 0.2) is 0 Å². The zero-order valence-corrected chi connectivity index (χ0v) is 9.79. The average Bonchev–Trinajstić information content (AvgIpc) is 2.65. The van der Waals surface area contributed by atoms with Gasteiger partial charge in [-0.2, -0.15) is 0 Å². The van der Waals surface area contributed by atoms with E-state index in [0.717, 1.165) is 19.6 Å². The zero-order valence-electron chi connectivity index (χ0n) is 9.79. The maximum absolute atomic E-state index is 11.3. The van der Waals surface area contributed by atoms with Crippen molar-refractivity contribution in [2.45, 2.75) is 39.3 Å². The van der Waals surface area contributed by atoms with Crippen LogP contribution in [0.4, 0.5) is 0 Å². The lowest BCUT2D eigenvalue weighted by molar-refractivity contribution is -0.146. The predicted molar refractivity (Wildman–Crippen MR) is 57.6 cm³/mol. The summed E-state index contributed by atoms with van der Waals surface area (Å²) in [6, 6.07) is 0.312. The fourth-order valence-electron chi connectivity index (χ4n) is 1.66. The number of hydrogen-bond donors (Lipinski definition) is 1. The summed E-state index contributed by atoms with van der Waals surface area (Å²) >= 11 is 0. The third kappa shape index (κ3) is 4.62. The van der Waals surface area contributed by atoms with Crippen molar-refractivity contribution in [1.82, 2.24) is 5.32 Å². The van der Waals surface area contributed by atoms with Gasteiger partial charge in [0.05, 0.1) is 19.3 Å². The van der Waals surface area contributed by atoms with Gasteiger partial charge in [-0.1, -0.05) is 0 Å². The van der Waals surface area contributed by atoms with Crippen molar-refractivity contribution in [3.63, 3.8) is 0 Å². The van der Waals surface area contributed by atoms with Gasteiger partial charge in [0, 0.05) is 12.6 Å². The molecular formula is C11H21NO3. The van der Waals surface area contributed by atoms with Crippen molar-refractivity contribution in [1.29, 1.82) is 0 Å². The molecule has 1 heterocycles. The summed E-state index contributed by atoms with van der Waals surface area (Å²) in [6.45, 7) is 7.72. The van der Waals surface area contributed by atoms with E-state index in [0.29, 0.717) is 12.0 Å². The molecule has 0 aromatic carbocycles. The van der Waals surface area contributed by atoms with E-state index in [1.165, 1.54) is 0 Å². The first-order chi connectivity index (χ1) is 7.09. The lowest BCUT2D eigenvalue weighted by Gasteiger charge is -2.19. The normalized spacial score (nSPS) is 23.1. The zero-order chi connectivity index (χ0) is 11.3. The van der Waals surface area contributed by atoms with Crippen LogP contribution in [0, 0.1) is 5.92 Å². The van der Waals surface area contributed by atoms with Crippen molar-refractivity contribution < 1.29 is 14.3 Å². The summed E-state index contributed by atoms with van der Waals surface area (Å²) in [7, 11) is 0. The molecule has 15 heavy (non-hydrogen) atoms. The second-order valence-electron chi connectivity index (χ2n) is 4.33. The molecule has 1 N–H and O–H groups in total. The van der Waals surface area contributed by atoms with E-state index in [1.807, 2.05) is 13.8 Å². The Kier molecular flexibility index (Phi) is 5.05. The Bertz CT molecular complexity index is 200. The Morgan fingerprint density at radius 3 is 2.80 bits per heavy atom. The Labute approximate surface area is 91.3 Å². The molecule has 1 saturated heterocycles. The molecule has 0 aliphatic carbocycles. The van der Waals surface area contributed by atoms with Gasteiger partial charge in [-0.3, -0.25) is 4.79 Å². The second-order valence-corrected chi connectivity index (χ2v) is 4.33. The van der Waals surface area contributed by atoms with Crippen molar-refractivity contribution >= 4 is 5.97 Å². The number of nitrogens with one attached hydrogen (secondary N) is 1. The maximum atomic E-state index is 11.3. The van der Waals surface area contributed by atoms with Gasteiger partial charge < -0.3 is 14.8 Å². The van der Waals surface area contributed by atoms with E-state index in [9.17, 15) is 4.79 Å². The molecule has 2 atom stereocenters. The highest BCUT2D eigenvalue weighted by Crippen LogP contribution is 2.15. The van der Waals surface area contributed by atoms with Crippen molar-refractivity contribution in [3.8, 4) is 0 Å². The molecular weight excluding hydrogens is 194 g/mol. The number of esters is 1. The molecule has 0 spiro atoms. The van der Waals surface area contributed by atoms with E-state index in [1.54, 1.807) is 0 Å². The highest BCUT2D eigenvalue weighted by molar-refractivity contribution is 5.71. The van der Waals surface area contributed by atoms with E-state index >= 15 is 0 Å². The fraction of sp³-hybridized carbons (Fsp3) is 0.909. The lowest BCUT2D eigenvalue weighted by atomic mass is 10.0. The topological polar surface area (TPSA) is 47.6 Å². The number of hydrogen-bond acceptors (Lipinski definition) is 4. The van der Waals surface area contributed by atoms with Gasteiger partial charge in [-0.05, 0) is 33.1 Å². The summed E-state index contributed by atoms with van der Waals surface area (Å²) in [5.41, 5.74) is 0. The van der Waals surface area contributed by atoms with Crippen LogP contribution in [0.3, 0.4) is 0 Å². The minimum absolute atomic E-state index is 0.0376. The van der Waals surface area contributed by atoms with Crippen LogP contribution < -0.4 is 5.32 Å². The van der Waals surface area contributed by atoms with E-state index in [2.05, 4.69) is 12.2 Å². The van der Waals surface area contributed by atoms with Crippen LogP contribution in [0.25, 0.3) is 0 Å². The average molecular weight is 215 g/mol. The minimum atomic E-state index is -0.184. The largest absolute Gasteiger partial charge is 0.462 e. The van der Waals surface area contributed by atoms with Gasteiger partial charge in [0.2, 0.25) is 0 Å². The molecule has 1 rings (SSSR count). The minimum Gasteiger partial charge on any atom is -0.462 e. The first-order valence-corrected chi connectivity index (χ1v) is 5.60. The summed E-state index contributed by atoms with van der Waals surface area (Å²) in [5.74, 6) is 0.340. The van der Waals surface area contributed by atoms with Gasteiger partial charge in [0.25, 0.3) is 0 Å². The first-order valence-electron chi connectivity index (χ1n) is 5.60. The number of carbonyl (C=O) groups is 1. The highest BCUT2D eigenvalue weighted by atomic mass is 16.5. The second kappa shape index (κ2) is 6.08. The Hall–Kier alpha value is -0.610. The van der Waals surface area contributed by atoms with Gasteiger partial charge in [-0.15, -0.1) is 0 Å². The standard InChI is InChI=1S/C11H21NO3/c1-8(2)15-11(13)6-12-9(3)10-4-5-14-7-10/h8-10,12H,4-7H2,1-3H3. The third-order valence-electron chi connectivity index (χ3n) is 2.61. The van der Waals surface area contributed by atoms with Crippen molar-refractivity contribution in [2.24, 2.45) is 5.92 Å². The molecule has 1 fully saturated rings.